The van der Waals surface area contributed by atoms with Gasteiger partial charge in [-0.2, -0.15) is 0 Å². The van der Waals surface area contributed by atoms with Crippen molar-refractivity contribution in [2.24, 2.45) is 0 Å². The largest absolute Gasteiger partial charge is 0.478 e. The molecule has 17 heavy (non-hydrogen) atoms. The Hall–Kier alpha value is -2.07. The van der Waals surface area contributed by atoms with E-state index in [0.29, 0.717) is 5.56 Å². The van der Waals surface area contributed by atoms with Crippen LogP contribution in [0.15, 0.2) is 42.7 Å². The fourth-order valence-electron chi connectivity index (χ4n) is 1.58. The second kappa shape index (κ2) is 5.32. The van der Waals surface area contributed by atoms with Crippen LogP contribution in [-0.4, -0.2) is 16.1 Å². The first-order valence-electron chi connectivity index (χ1n) is 5.40. The summed E-state index contributed by atoms with van der Waals surface area (Å²) >= 11 is 0. The third-order valence-corrected chi connectivity index (χ3v) is 2.52. The minimum Gasteiger partial charge on any atom is -0.478 e. The monoisotopic (exact) mass is 230 g/mol. The summed E-state index contributed by atoms with van der Waals surface area (Å²) < 4.78 is 0. The predicted molar refractivity (Wildman–Crippen MR) is 64.7 cm³/mol. The zero-order valence-corrected chi connectivity index (χ0v) is 9.31. The maximum absolute atomic E-state index is 10.7. The molecule has 2 aromatic rings. The molecule has 0 saturated carbocycles. The Morgan fingerprint density at radius 1 is 1.12 bits per heavy atom. The van der Waals surface area contributed by atoms with Gasteiger partial charge in [0, 0.05) is 25.5 Å². The zero-order chi connectivity index (χ0) is 12.1. The summed E-state index contributed by atoms with van der Waals surface area (Å²) in [5.41, 5.74) is 2.59. The third kappa shape index (κ3) is 3.19. The van der Waals surface area contributed by atoms with E-state index >= 15 is 0 Å². The van der Waals surface area contributed by atoms with Gasteiger partial charge in [0.15, 0.2) is 0 Å². The summed E-state index contributed by atoms with van der Waals surface area (Å²) in [6, 6.07) is 8.91. The maximum atomic E-state index is 10.7. The molecule has 1 heterocycles. The van der Waals surface area contributed by atoms with Crippen LogP contribution in [0.25, 0.3) is 0 Å². The Bertz CT molecular complexity index is 475. The SMILES string of the molecule is O=C(O)c1ccc(CNCc2cc[nH]c2)cc1. The number of hydrogen-bond donors (Lipinski definition) is 3. The van der Waals surface area contributed by atoms with Gasteiger partial charge in [-0.05, 0) is 29.3 Å². The molecule has 1 aromatic carbocycles. The fourth-order valence-corrected chi connectivity index (χ4v) is 1.58. The molecular weight excluding hydrogens is 216 g/mol. The minimum atomic E-state index is -0.892. The van der Waals surface area contributed by atoms with Crippen molar-refractivity contribution >= 4 is 5.97 Å². The normalized spacial score (nSPS) is 10.4. The summed E-state index contributed by atoms with van der Waals surface area (Å²) in [5, 5.41) is 12.0. The topological polar surface area (TPSA) is 65.1 Å². The van der Waals surface area contributed by atoms with Crippen LogP contribution in [0.5, 0.6) is 0 Å². The van der Waals surface area contributed by atoms with Gasteiger partial charge >= 0.3 is 5.97 Å². The summed E-state index contributed by atoms with van der Waals surface area (Å²) in [7, 11) is 0. The first kappa shape index (κ1) is 11.4. The summed E-state index contributed by atoms with van der Waals surface area (Å²) in [6.45, 7) is 1.52. The molecule has 0 atom stereocenters. The second-order valence-corrected chi connectivity index (χ2v) is 3.82. The molecule has 0 aliphatic rings. The molecule has 0 unspecified atom stereocenters. The number of carboxylic acid groups (broad SMARTS) is 1. The van der Waals surface area contributed by atoms with E-state index in [1.807, 2.05) is 30.6 Å². The number of aromatic nitrogens is 1. The lowest BCUT2D eigenvalue weighted by atomic mass is 10.1. The third-order valence-electron chi connectivity index (χ3n) is 2.52. The van der Waals surface area contributed by atoms with E-state index < -0.39 is 5.97 Å². The van der Waals surface area contributed by atoms with Gasteiger partial charge < -0.3 is 15.4 Å². The smallest absolute Gasteiger partial charge is 0.335 e. The Kier molecular flexibility index (Phi) is 3.57. The fraction of sp³-hybridized carbons (Fsp3) is 0.154. The Labute approximate surface area is 99.3 Å². The number of carboxylic acids is 1. The van der Waals surface area contributed by atoms with Crippen molar-refractivity contribution in [1.29, 1.82) is 0 Å². The quantitative estimate of drug-likeness (QED) is 0.736. The van der Waals surface area contributed by atoms with Crippen LogP contribution in [-0.2, 0) is 13.1 Å². The molecule has 0 aliphatic heterocycles. The van der Waals surface area contributed by atoms with E-state index in [2.05, 4.69) is 10.3 Å². The highest BCUT2D eigenvalue weighted by Crippen LogP contribution is 2.04. The molecule has 3 N–H and O–H groups in total. The summed E-state index contributed by atoms with van der Waals surface area (Å²) in [4.78, 5) is 13.7. The highest BCUT2D eigenvalue weighted by atomic mass is 16.4. The second-order valence-electron chi connectivity index (χ2n) is 3.82. The number of aromatic amines is 1. The minimum absolute atomic E-state index is 0.319. The highest BCUT2D eigenvalue weighted by Gasteiger charge is 2.01. The number of benzene rings is 1. The standard InChI is InChI=1S/C13H14N2O2/c16-13(17)12-3-1-10(2-4-12)7-15-9-11-5-6-14-8-11/h1-6,8,14-15H,7,9H2,(H,16,17). The van der Waals surface area contributed by atoms with Gasteiger partial charge in [0.2, 0.25) is 0 Å². The molecule has 1 aromatic heterocycles. The lowest BCUT2D eigenvalue weighted by molar-refractivity contribution is 0.0697. The Balaban J connectivity index is 1.85. The van der Waals surface area contributed by atoms with Gasteiger partial charge in [0.1, 0.15) is 0 Å². The van der Waals surface area contributed by atoms with Crippen LogP contribution in [0.4, 0.5) is 0 Å². The van der Waals surface area contributed by atoms with E-state index in [1.54, 1.807) is 12.1 Å². The van der Waals surface area contributed by atoms with Crippen molar-refractivity contribution < 1.29 is 9.90 Å². The molecule has 4 heteroatoms. The number of H-pyrrole nitrogens is 1. The molecule has 88 valence electrons. The van der Waals surface area contributed by atoms with Gasteiger partial charge in [-0.1, -0.05) is 12.1 Å². The molecule has 0 saturated heterocycles. The molecular formula is C13H14N2O2. The van der Waals surface area contributed by atoms with Crippen molar-refractivity contribution in [2.45, 2.75) is 13.1 Å². The molecule has 0 aliphatic carbocycles. The van der Waals surface area contributed by atoms with Crippen LogP contribution in [0.1, 0.15) is 21.5 Å². The Morgan fingerprint density at radius 2 is 1.82 bits per heavy atom. The number of rotatable bonds is 5. The molecule has 0 amide bonds. The average molecular weight is 230 g/mol. The van der Waals surface area contributed by atoms with Crippen LogP contribution in [0, 0.1) is 0 Å². The number of nitrogens with one attached hydrogen (secondary N) is 2. The molecule has 0 bridgehead atoms. The Morgan fingerprint density at radius 3 is 2.41 bits per heavy atom. The number of carbonyl (C=O) groups is 1. The highest BCUT2D eigenvalue weighted by molar-refractivity contribution is 5.87. The predicted octanol–water partition coefficient (Wildman–Crippen LogP) is 2.00. The molecule has 2 rings (SSSR count). The van der Waals surface area contributed by atoms with Crippen LogP contribution in [0.3, 0.4) is 0 Å². The van der Waals surface area contributed by atoms with E-state index in [-0.39, 0.29) is 0 Å². The van der Waals surface area contributed by atoms with Gasteiger partial charge in [0.25, 0.3) is 0 Å². The van der Waals surface area contributed by atoms with Crippen molar-refractivity contribution in [1.82, 2.24) is 10.3 Å². The van der Waals surface area contributed by atoms with Crippen LogP contribution in [0.2, 0.25) is 0 Å². The lowest BCUT2D eigenvalue weighted by Gasteiger charge is -2.04. The number of hydrogen-bond acceptors (Lipinski definition) is 2. The van der Waals surface area contributed by atoms with E-state index in [0.717, 1.165) is 18.7 Å². The van der Waals surface area contributed by atoms with Gasteiger partial charge in [0.05, 0.1) is 5.56 Å². The zero-order valence-electron chi connectivity index (χ0n) is 9.31. The van der Waals surface area contributed by atoms with Crippen molar-refractivity contribution in [2.75, 3.05) is 0 Å². The van der Waals surface area contributed by atoms with E-state index in [9.17, 15) is 4.79 Å². The van der Waals surface area contributed by atoms with Crippen molar-refractivity contribution in [3.05, 3.63) is 59.4 Å². The molecule has 4 nitrogen and oxygen atoms in total. The molecule has 0 spiro atoms. The van der Waals surface area contributed by atoms with Gasteiger partial charge in [-0.15, -0.1) is 0 Å². The average Bonchev–Trinajstić information content (AvgIpc) is 2.83. The first-order chi connectivity index (χ1) is 8.25. The summed E-state index contributed by atoms with van der Waals surface area (Å²) in [5.74, 6) is -0.892. The van der Waals surface area contributed by atoms with Gasteiger partial charge in [-0.25, -0.2) is 4.79 Å². The molecule has 0 radical (unpaired) electrons. The van der Waals surface area contributed by atoms with E-state index in [1.165, 1.54) is 5.56 Å². The number of aromatic carboxylic acids is 1. The maximum Gasteiger partial charge on any atom is 0.335 e. The van der Waals surface area contributed by atoms with Crippen LogP contribution < -0.4 is 5.32 Å². The van der Waals surface area contributed by atoms with Crippen LogP contribution >= 0.6 is 0 Å². The lowest BCUT2D eigenvalue weighted by Crippen LogP contribution is -2.12. The van der Waals surface area contributed by atoms with E-state index in [4.69, 9.17) is 5.11 Å². The molecule has 0 fully saturated rings. The summed E-state index contributed by atoms with van der Waals surface area (Å²) in [6.07, 6.45) is 3.83. The van der Waals surface area contributed by atoms with Crippen molar-refractivity contribution in [3.8, 4) is 0 Å². The van der Waals surface area contributed by atoms with Gasteiger partial charge in [-0.3, -0.25) is 0 Å². The first-order valence-corrected chi connectivity index (χ1v) is 5.40. The van der Waals surface area contributed by atoms with Crippen molar-refractivity contribution in [3.63, 3.8) is 0 Å².